The number of imide groups is 1. The number of hydrogen-bond acceptors (Lipinski definition) is 5. The van der Waals surface area contributed by atoms with Crippen LogP contribution in [0.15, 0.2) is 24.5 Å². The lowest BCUT2D eigenvalue weighted by molar-refractivity contribution is -0.152. The molecule has 8 heteroatoms. The van der Waals surface area contributed by atoms with Crippen LogP contribution in [0.4, 0.5) is 0 Å². The number of likely N-dealkylation sites (tertiary alicyclic amines) is 1. The summed E-state index contributed by atoms with van der Waals surface area (Å²) in [5.41, 5.74) is 0.846. The van der Waals surface area contributed by atoms with E-state index in [4.69, 9.17) is 0 Å². The Balaban J connectivity index is 1.86. The Hall–Kier alpha value is -2.48. The molecule has 8 nitrogen and oxygen atoms in total. The summed E-state index contributed by atoms with van der Waals surface area (Å²) >= 11 is 0. The lowest BCUT2D eigenvalue weighted by Crippen LogP contribution is -2.52. The van der Waals surface area contributed by atoms with Gasteiger partial charge >= 0.3 is 0 Å². The molecule has 1 aromatic rings. The second-order valence-corrected chi connectivity index (χ2v) is 8.54. The van der Waals surface area contributed by atoms with E-state index in [9.17, 15) is 19.5 Å². The van der Waals surface area contributed by atoms with Crippen LogP contribution in [-0.2, 0) is 27.5 Å². The van der Waals surface area contributed by atoms with Crippen molar-refractivity contribution in [2.75, 3.05) is 13.2 Å². The molecular formula is C22H32N4O4. The highest BCUT2D eigenvalue weighted by atomic mass is 16.3. The molecule has 3 atom stereocenters. The van der Waals surface area contributed by atoms with Gasteiger partial charge in [0.1, 0.15) is 6.04 Å². The molecule has 3 unspecified atom stereocenters. The first-order valence-electron chi connectivity index (χ1n) is 10.8. The number of aryl methyl sites for hydroxylation is 1. The summed E-state index contributed by atoms with van der Waals surface area (Å²) < 4.78 is 1.77. The van der Waals surface area contributed by atoms with Gasteiger partial charge in [-0.1, -0.05) is 26.0 Å². The Labute approximate surface area is 177 Å². The fraction of sp³-hybridized carbons (Fsp3) is 0.636. The number of carbonyl (C=O) groups excluding carboxylic acids is 3. The van der Waals surface area contributed by atoms with Crippen LogP contribution in [0.1, 0.15) is 45.6 Å². The highest BCUT2D eigenvalue weighted by Crippen LogP contribution is 2.37. The first-order valence-corrected chi connectivity index (χ1v) is 10.8. The van der Waals surface area contributed by atoms with E-state index in [2.05, 4.69) is 5.10 Å². The van der Waals surface area contributed by atoms with Crippen LogP contribution in [0.2, 0.25) is 0 Å². The normalized spacial score (nSPS) is 22.0. The van der Waals surface area contributed by atoms with Crippen LogP contribution in [0.3, 0.4) is 0 Å². The predicted octanol–water partition coefficient (Wildman–Crippen LogP) is 1.59. The quantitative estimate of drug-likeness (QED) is 0.487. The summed E-state index contributed by atoms with van der Waals surface area (Å²) in [6.07, 6.45) is 8.94. The minimum Gasteiger partial charge on any atom is -0.395 e. The van der Waals surface area contributed by atoms with E-state index < -0.39 is 6.04 Å². The monoisotopic (exact) mass is 416 g/mol. The largest absolute Gasteiger partial charge is 0.395 e. The smallest absolute Gasteiger partial charge is 0.246 e. The second-order valence-electron chi connectivity index (χ2n) is 8.54. The van der Waals surface area contributed by atoms with Gasteiger partial charge in [0.05, 0.1) is 24.6 Å². The summed E-state index contributed by atoms with van der Waals surface area (Å²) in [5.74, 6) is -1.38. The molecule has 1 aromatic heterocycles. The highest BCUT2D eigenvalue weighted by Gasteiger charge is 2.51. The fourth-order valence-electron chi connectivity index (χ4n) is 4.38. The molecule has 0 bridgehead atoms. The SMILES string of the molecule is CCn1cc(CN(CCO)C(=O)C(CC(C)C)N2C(=O)C3CC=CCC3C2=O)cn1. The lowest BCUT2D eigenvalue weighted by atomic mass is 9.85. The molecule has 3 rings (SSSR count). The zero-order chi connectivity index (χ0) is 21.8. The molecule has 164 valence electrons. The van der Waals surface area contributed by atoms with Crippen LogP contribution in [0.25, 0.3) is 0 Å². The van der Waals surface area contributed by atoms with E-state index in [1.54, 1.807) is 10.9 Å². The van der Waals surface area contributed by atoms with Gasteiger partial charge in [0, 0.05) is 31.4 Å². The van der Waals surface area contributed by atoms with E-state index >= 15 is 0 Å². The van der Waals surface area contributed by atoms with Gasteiger partial charge in [-0.3, -0.25) is 24.0 Å². The zero-order valence-corrected chi connectivity index (χ0v) is 18.0. The summed E-state index contributed by atoms with van der Waals surface area (Å²) in [5, 5.41) is 13.8. The molecule has 2 aliphatic rings. The molecule has 1 aliphatic heterocycles. The molecule has 0 radical (unpaired) electrons. The standard InChI is InChI=1S/C22H32N4O4/c1-4-25-14-16(12-23-25)13-24(9-10-27)22(30)19(11-15(2)3)26-20(28)17-7-5-6-8-18(17)21(26)29/h5-6,12,14-15,17-19,27H,4,7-11,13H2,1-3H3. The average Bonchev–Trinajstić information content (AvgIpc) is 3.28. The first kappa shape index (κ1) is 22.2. The molecule has 1 N–H and O–H groups in total. The molecule has 2 heterocycles. The Kier molecular flexibility index (Phi) is 7.07. The van der Waals surface area contributed by atoms with Crippen LogP contribution in [0, 0.1) is 17.8 Å². The van der Waals surface area contributed by atoms with Crippen molar-refractivity contribution in [1.29, 1.82) is 0 Å². The third-order valence-electron chi connectivity index (χ3n) is 5.90. The molecule has 0 aromatic carbocycles. The number of aliphatic hydroxyl groups excluding tert-OH is 1. The van der Waals surface area contributed by atoms with Crippen molar-refractivity contribution < 1.29 is 19.5 Å². The van der Waals surface area contributed by atoms with Crippen molar-refractivity contribution in [1.82, 2.24) is 19.6 Å². The number of carbonyl (C=O) groups is 3. The van der Waals surface area contributed by atoms with Crippen molar-refractivity contribution in [2.45, 2.75) is 59.2 Å². The molecule has 0 spiro atoms. The maximum Gasteiger partial charge on any atom is 0.246 e. The van der Waals surface area contributed by atoms with Gasteiger partial charge in [-0.25, -0.2) is 0 Å². The molecule has 1 aliphatic carbocycles. The number of amides is 3. The van der Waals surface area contributed by atoms with Gasteiger partial charge in [0.15, 0.2) is 0 Å². The molecular weight excluding hydrogens is 384 g/mol. The van der Waals surface area contributed by atoms with E-state index in [0.29, 0.717) is 19.3 Å². The molecule has 0 saturated carbocycles. The fourth-order valence-corrected chi connectivity index (χ4v) is 4.38. The summed E-state index contributed by atoms with van der Waals surface area (Å²) in [6, 6.07) is -0.844. The van der Waals surface area contributed by atoms with Gasteiger partial charge in [-0.15, -0.1) is 0 Å². The van der Waals surface area contributed by atoms with Crippen molar-refractivity contribution in [3.8, 4) is 0 Å². The third-order valence-corrected chi connectivity index (χ3v) is 5.90. The van der Waals surface area contributed by atoms with Crippen molar-refractivity contribution >= 4 is 17.7 Å². The number of aromatic nitrogens is 2. The van der Waals surface area contributed by atoms with Gasteiger partial charge in [0.2, 0.25) is 17.7 Å². The molecule has 30 heavy (non-hydrogen) atoms. The average molecular weight is 417 g/mol. The molecule has 3 amide bonds. The Bertz CT molecular complexity index is 790. The minimum absolute atomic E-state index is 0.124. The summed E-state index contributed by atoms with van der Waals surface area (Å²) in [4.78, 5) is 42.5. The molecule has 1 saturated heterocycles. The van der Waals surface area contributed by atoms with Gasteiger partial charge in [-0.05, 0) is 32.1 Å². The van der Waals surface area contributed by atoms with E-state index in [-0.39, 0.29) is 55.2 Å². The number of allylic oxidation sites excluding steroid dienone is 2. The van der Waals surface area contributed by atoms with Gasteiger partial charge in [-0.2, -0.15) is 5.10 Å². The Morgan fingerprint density at radius 1 is 1.23 bits per heavy atom. The maximum absolute atomic E-state index is 13.6. The number of rotatable bonds is 9. The van der Waals surface area contributed by atoms with Gasteiger partial charge < -0.3 is 10.0 Å². The second kappa shape index (κ2) is 9.55. The van der Waals surface area contributed by atoms with Gasteiger partial charge in [0.25, 0.3) is 0 Å². The van der Waals surface area contributed by atoms with E-state index in [1.165, 1.54) is 9.80 Å². The number of aliphatic hydroxyl groups is 1. The lowest BCUT2D eigenvalue weighted by Gasteiger charge is -2.32. The Morgan fingerprint density at radius 2 is 1.87 bits per heavy atom. The van der Waals surface area contributed by atoms with E-state index in [1.807, 2.05) is 39.1 Å². The van der Waals surface area contributed by atoms with Crippen LogP contribution in [0.5, 0.6) is 0 Å². The number of nitrogens with zero attached hydrogens (tertiary/aromatic N) is 4. The maximum atomic E-state index is 13.6. The third kappa shape index (κ3) is 4.48. The van der Waals surface area contributed by atoms with Crippen molar-refractivity contribution in [3.63, 3.8) is 0 Å². The number of fused-ring (bicyclic) bond motifs is 1. The molecule has 1 fully saturated rings. The predicted molar refractivity (Wildman–Crippen MR) is 111 cm³/mol. The summed E-state index contributed by atoms with van der Waals surface area (Å²) in [6.45, 7) is 6.86. The van der Waals surface area contributed by atoms with Crippen molar-refractivity contribution in [3.05, 3.63) is 30.1 Å². The summed E-state index contributed by atoms with van der Waals surface area (Å²) in [7, 11) is 0. The van der Waals surface area contributed by atoms with Crippen LogP contribution >= 0.6 is 0 Å². The van der Waals surface area contributed by atoms with E-state index in [0.717, 1.165) is 12.1 Å². The minimum atomic E-state index is -0.844. The topological polar surface area (TPSA) is 95.7 Å². The first-order chi connectivity index (χ1) is 14.4. The highest BCUT2D eigenvalue weighted by molar-refractivity contribution is 6.08. The van der Waals surface area contributed by atoms with Crippen LogP contribution < -0.4 is 0 Å². The van der Waals surface area contributed by atoms with Crippen LogP contribution in [-0.4, -0.2) is 61.6 Å². The van der Waals surface area contributed by atoms with Crippen molar-refractivity contribution in [2.24, 2.45) is 17.8 Å². The Morgan fingerprint density at radius 3 is 2.37 bits per heavy atom. The zero-order valence-electron chi connectivity index (χ0n) is 18.0. The number of hydrogen-bond donors (Lipinski definition) is 1.